The fourth-order valence-electron chi connectivity index (χ4n) is 4.23. The number of primary amides is 1. The highest BCUT2D eigenvalue weighted by Gasteiger charge is 2.33. The highest BCUT2D eigenvalue weighted by molar-refractivity contribution is 7.46. The summed E-state index contributed by atoms with van der Waals surface area (Å²) in [5.41, 5.74) is 5.89. The van der Waals surface area contributed by atoms with E-state index in [1.54, 1.807) is 30.3 Å². The molecule has 1 aromatic heterocycles. The van der Waals surface area contributed by atoms with E-state index >= 15 is 0 Å². The Morgan fingerprint density at radius 2 is 1.85 bits per heavy atom. The minimum atomic E-state index is -4.77. The summed E-state index contributed by atoms with van der Waals surface area (Å²) in [7, 11) is -4.77. The van der Waals surface area contributed by atoms with Gasteiger partial charge in [-0.3, -0.25) is 19.1 Å². The summed E-state index contributed by atoms with van der Waals surface area (Å²) in [4.78, 5) is 52.1. The molecule has 0 radical (unpaired) electrons. The summed E-state index contributed by atoms with van der Waals surface area (Å²) in [5.74, 6) is -2.76. The molecule has 0 fully saturated rings. The maximum Gasteiger partial charge on any atom is 0.470 e. The third kappa shape index (κ3) is 9.45. The first-order chi connectivity index (χ1) is 18.2. The topological polar surface area (TPSA) is 185 Å². The van der Waals surface area contributed by atoms with Crippen LogP contribution in [0, 0.1) is 11.7 Å². The molecule has 39 heavy (non-hydrogen) atoms. The number of fused-ring (bicyclic) bond motifs is 1. The van der Waals surface area contributed by atoms with E-state index in [0.29, 0.717) is 16.6 Å². The second-order valence-corrected chi connectivity index (χ2v) is 11.1. The molecule has 0 bridgehead atoms. The van der Waals surface area contributed by atoms with Crippen LogP contribution in [0.1, 0.15) is 49.2 Å². The van der Waals surface area contributed by atoms with Gasteiger partial charge in [-0.15, -0.1) is 0 Å². The first-order valence-corrected chi connectivity index (χ1v) is 13.8. The number of aliphatic hydroxyl groups excluding tert-OH is 1. The fraction of sp³-hybridized carbons (Fsp3) is 0.385. The standard InChI is InChI=1S/C26H32FN4O7P/c1-26(2,38-39(35,36)37)11-10-17(24(28)33)14-23(32)21(13-16-6-5-7-18(27)12-16)31-25(34)22-15-29-19-8-3-4-9-20(19)30-22/h3-9,12,15,17,21,23,32H,10-11,13-14H2,1-2H3,(H2,28,33)(H,31,34)(H2,35,36,37)/t17-,21+,23+/m1/s1. The maximum atomic E-state index is 13.8. The highest BCUT2D eigenvalue weighted by atomic mass is 31.2. The summed E-state index contributed by atoms with van der Waals surface area (Å²) < 4.78 is 29.9. The number of aliphatic hydroxyl groups is 1. The molecule has 0 aliphatic heterocycles. The van der Waals surface area contributed by atoms with Crippen LogP contribution in [0.3, 0.4) is 0 Å². The number of benzene rings is 2. The molecule has 0 unspecified atom stereocenters. The lowest BCUT2D eigenvalue weighted by Gasteiger charge is -2.29. The Hall–Kier alpha value is -3.28. The van der Waals surface area contributed by atoms with Crippen LogP contribution in [0.15, 0.2) is 54.7 Å². The summed E-state index contributed by atoms with van der Waals surface area (Å²) in [6.45, 7) is 2.91. The number of nitrogens with two attached hydrogens (primary N) is 1. The number of para-hydroxylation sites is 2. The number of carbonyl (C=O) groups excluding carboxylic acids is 2. The predicted molar refractivity (Wildman–Crippen MR) is 141 cm³/mol. The maximum absolute atomic E-state index is 13.8. The molecular formula is C26H32FN4O7P. The van der Waals surface area contributed by atoms with E-state index in [1.807, 2.05) is 0 Å². The van der Waals surface area contributed by atoms with Crippen molar-refractivity contribution in [3.8, 4) is 0 Å². The molecule has 0 saturated heterocycles. The monoisotopic (exact) mass is 562 g/mol. The predicted octanol–water partition coefficient (Wildman–Crippen LogP) is 2.63. The van der Waals surface area contributed by atoms with Crippen molar-refractivity contribution in [2.24, 2.45) is 11.7 Å². The molecule has 0 aliphatic rings. The van der Waals surface area contributed by atoms with Crippen LogP contribution < -0.4 is 11.1 Å². The van der Waals surface area contributed by atoms with Gasteiger partial charge in [-0.2, -0.15) is 0 Å². The zero-order chi connectivity index (χ0) is 28.8. The number of nitrogens with one attached hydrogen (secondary N) is 1. The number of nitrogens with zero attached hydrogens (tertiary/aromatic N) is 2. The second kappa shape index (κ2) is 12.7. The van der Waals surface area contributed by atoms with Gasteiger partial charge in [0.1, 0.15) is 11.5 Å². The van der Waals surface area contributed by atoms with Gasteiger partial charge in [0.25, 0.3) is 5.91 Å². The number of hydrogen-bond acceptors (Lipinski definition) is 7. The molecule has 0 aliphatic carbocycles. The lowest BCUT2D eigenvalue weighted by Crippen LogP contribution is -2.46. The van der Waals surface area contributed by atoms with Crippen molar-refractivity contribution in [1.29, 1.82) is 0 Å². The molecule has 2 aromatic carbocycles. The van der Waals surface area contributed by atoms with Crippen molar-refractivity contribution in [1.82, 2.24) is 15.3 Å². The third-order valence-corrected chi connectivity index (χ3v) is 6.93. The van der Waals surface area contributed by atoms with E-state index in [4.69, 9.17) is 20.0 Å². The summed E-state index contributed by atoms with van der Waals surface area (Å²) >= 11 is 0. The SMILES string of the molecule is CC(C)(CC[C@H](C[C@H](O)[C@H](Cc1cccc(F)c1)NC(=O)c1cnc2ccccc2n1)C(N)=O)OP(=O)(O)O. The minimum absolute atomic E-state index is 0.00734. The summed E-state index contributed by atoms with van der Waals surface area (Å²) in [5, 5.41) is 13.9. The largest absolute Gasteiger partial charge is 0.470 e. The number of hydrogen-bond donors (Lipinski definition) is 5. The number of carbonyl (C=O) groups is 2. The molecule has 210 valence electrons. The van der Waals surface area contributed by atoms with E-state index in [2.05, 4.69) is 15.3 Å². The van der Waals surface area contributed by atoms with E-state index in [0.717, 1.165) is 0 Å². The van der Waals surface area contributed by atoms with E-state index in [-0.39, 0.29) is 31.4 Å². The van der Waals surface area contributed by atoms with Gasteiger partial charge in [-0.05, 0) is 69.4 Å². The van der Waals surface area contributed by atoms with Gasteiger partial charge in [-0.1, -0.05) is 24.3 Å². The normalized spacial score (nSPS) is 14.5. The van der Waals surface area contributed by atoms with Crippen LogP contribution in [0.25, 0.3) is 11.0 Å². The van der Waals surface area contributed by atoms with Crippen LogP contribution in [-0.2, 0) is 20.3 Å². The molecule has 0 spiro atoms. The molecule has 13 heteroatoms. The Morgan fingerprint density at radius 1 is 1.15 bits per heavy atom. The Morgan fingerprint density at radius 3 is 2.49 bits per heavy atom. The number of halogens is 1. The first-order valence-electron chi connectivity index (χ1n) is 12.2. The van der Waals surface area contributed by atoms with E-state index < -0.39 is 49.1 Å². The molecular weight excluding hydrogens is 530 g/mol. The average molecular weight is 563 g/mol. The third-order valence-electron chi connectivity index (χ3n) is 6.20. The number of amides is 2. The zero-order valence-corrected chi connectivity index (χ0v) is 22.4. The molecule has 6 N–H and O–H groups in total. The molecule has 3 atom stereocenters. The lowest BCUT2D eigenvalue weighted by molar-refractivity contribution is -0.123. The molecule has 1 heterocycles. The Balaban J connectivity index is 1.79. The molecule has 3 aromatic rings. The Labute approximate surface area is 224 Å². The van der Waals surface area contributed by atoms with Gasteiger partial charge in [0.05, 0.1) is 35.0 Å². The van der Waals surface area contributed by atoms with Crippen molar-refractivity contribution >= 4 is 30.7 Å². The van der Waals surface area contributed by atoms with Gasteiger partial charge in [0.15, 0.2) is 0 Å². The van der Waals surface area contributed by atoms with Crippen molar-refractivity contribution in [3.63, 3.8) is 0 Å². The van der Waals surface area contributed by atoms with Crippen molar-refractivity contribution < 1.29 is 38.0 Å². The van der Waals surface area contributed by atoms with Gasteiger partial charge in [-0.25, -0.2) is 13.9 Å². The molecule has 3 rings (SSSR count). The first kappa shape index (κ1) is 30.3. The van der Waals surface area contributed by atoms with Crippen LogP contribution in [0.5, 0.6) is 0 Å². The van der Waals surface area contributed by atoms with E-state index in [9.17, 15) is 23.7 Å². The van der Waals surface area contributed by atoms with Crippen LogP contribution in [0.2, 0.25) is 0 Å². The lowest BCUT2D eigenvalue weighted by atomic mass is 9.87. The van der Waals surface area contributed by atoms with Gasteiger partial charge >= 0.3 is 7.82 Å². The quantitative estimate of drug-likeness (QED) is 0.195. The van der Waals surface area contributed by atoms with Gasteiger partial charge in [0.2, 0.25) is 5.91 Å². The fourth-order valence-corrected chi connectivity index (χ4v) is 4.97. The summed E-state index contributed by atoms with van der Waals surface area (Å²) in [6.07, 6.45) is -0.0376. The summed E-state index contributed by atoms with van der Waals surface area (Å²) in [6, 6.07) is 11.7. The van der Waals surface area contributed by atoms with Crippen molar-refractivity contribution in [3.05, 3.63) is 71.8 Å². The number of phosphoric ester groups is 1. The average Bonchev–Trinajstić information content (AvgIpc) is 2.84. The van der Waals surface area contributed by atoms with E-state index in [1.165, 1.54) is 38.2 Å². The number of phosphoric acid groups is 1. The smallest absolute Gasteiger partial charge is 0.391 e. The molecule has 11 nitrogen and oxygen atoms in total. The zero-order valence-electron chi connectivity index (χ0n) is 21.5. The van der Waals surface area contributed by atoms with Gasteiger partial charge < -0.3 is 25.9 Å². The Bertz CT molecular complexity index is 1370. The van der Waals surface area contributed by atoms with Crippen molar-refractivity contribution in [2.45, 2.75) is 57.3 Å². The minimum Gasteiger partial charge on any atom is -0.391 e. The molecule has 2 amide bonds. The number of aromatic nitrogens is 2. The van der Waals surface area contributed by atoms with Crippen LogP contribution >= 0.6 is 7.82 Å². The Kier molecular flexibility index (Phi) is 9.87. The second-order valence-electron chi connectivity index (χ2n) is 9.94. The highest BCUT2D eigenvalue weighted by Crippen LogP contribution is 2.43. The van der Waals surface area contributed by atoms with Gasteiger partial charge in [0, 0.05) is 5.92 Å². The van der Waals surface area contributed by atoms with Crippen molar-refractivity contribution in [2.75, 3.05) is 0 Å². The van der Waals surface area contributed by atoms with Crippen LogP contribution in [-0.4, -0.2) is 54.4 Å². The van der Waals surface area contributed by atoms with Crippen LogP contribution in [0.4, 0.5) is 4.39 Å². The number of rotatable bonds is 13. The molecule has 0 saturated carbocycles.